The molecule has 1 aliphatic carbocycles. The van der Waals surface area contributed by atoms with Crippen molar-refractivity contribution in [2.24, 2.45) is 0 Å². The van der Waals surface area contributed by atoms with Crippen LogP contribution in [0.4, 0.5) is 5.82 Å². The van der Waals surface area contributed by atoms with Crippen molar-refractivity contribution in [3.8, 4) is 0 Å². The Balaban J connectivity index is 1.35. The Labute approximate surface area is 190 Å². The van der Waals surface area contributed by atoms with Gasteiger partial charge in [0.25, 0.3) is 0 Å². The van der Waals surface area contributed by atoms with Crippen molar-refractivity contribution in [2.75, 3.05) is 23.7 Å². The van der Waals surface area contributed by atoms with Gasteiger partial charge in [-0.25, -0.2) is 0 Å². The molecule has 0 bridgehead atoms. The van der Waals surface area contributed by atoms with Crippen molar-refractivity contribution in [3.63, 3.8) is 0 Å². The zero-order valence-electron chi connectivity index (χ0n) is 17.6. The maximum Gasteiger partial charge on any atom is 0.246 e. The molecule has 1 aromatic carbocycles. The number of allylic oxidation sites excluding steroid dienone is 1. The van der Waals surface area contributed by atoms with Gasteiger partial charge in [-0.2, -0.15) is 5.10 Å². The molecule has 7 heteroatoms. The third-order valence-corrected chi connectivity index (χ3v) is 6.29. The molecule has 2 aromatic rings. The molecule has 6 nitrogen and oxygen atoms in total. The lowest BCUT2D eigenvalue weighted by Gasteiger charge is -2.25. The predicted molar refractivity (Wildman–Crippen MR) is 126 cm³/mol. The lowest BCUT2D eigenvalue weighted by atomic mass is 9.94. The van der Waals surface area contributed by atoms with E-state index in [0.717, 1.165) is 23.2 Å². The molecule has 0 radical (unpaired) electrons. The van der Waals surface area contributed by atoms with Crippen LogP contribution in [-0.4, -0.2) is 45.3 Å². The standard InChI is InChI=1S/C24H27BrN4O2/c1-16(24(31)26-22-15-21(27-28-22)20-8-9-20)17-4-6-18(7-5-17)19-10-13-29(14-11-19)23(30)3-2-12-25/h2-7,10,15-16,20H,8-9,11-14H2,1H3,(H2,26,27,28,31)/b3-2+. The zero-order chi connectivity index (χ0) is 21.8. The average molecular weight is 483 g/mol. The van der Waals surface area contributed by atoms with Crippen molar-refractivity contribution >= 4 is 39.1 Å². The highest BCUT2D eigenvalue weighted by Crippen LogP contribution is 2.39. The first-order valence-electron chi connectivity index (χ1n) is 10.7. The molecule has 2 heterocycles. The number of carbonyl (C=O) groups excluding carboxylic acids is 2. The van der Waals surface area contributed by atoms with E-state index in [1.807, 2.05) is 36.1 Å². The van der Waals surface area contributed by atoms with Crippen molar-refractivity contribution in [1.29, 1.82) is 0 Å². The number of anilines is 1. The Morgan fingerprint density at radius 1 is 1.32 bits per heavy atom. The minimum Gasteiger partial charge on any atom is -0.335 e. The van der Waals surface area contributed by atoms with Gasteiger partial charge in [0, 0.05) is 36.1 Å². The van der Waals surface area contributed by atoms with E-state index < -0.39 is 0 Å². The molecule has 0 saturated heterocycles. The minimum absolute atomic E-state index is 0.0473. The topological polar surface area (TPSA) is 78.1 Å². The van der Waals surface area contributed by atoms with Gasteiger partial charge in [0.1, 0.15) is 0 Å². The number of nitrogens with zero attached hydrogens (tertiary/aromatic N) is 2. The number of nitrogens with one attached hydrogen (secondary N) is 2. The van der Waals surface area contributed by atoms with E-state index in [1.54, 1.807) is 6.08 Å². The third kappa shape index (κ3) is 5.34. The van der Waals surface area contributed by atoms with Crippen LogP contribution in [0.15, 0.2) is 48.6 Å². The van der Waals surface area contributed by atoms with Crippen LogP contribution in [0.5, 0.6) is 0 Å². The first-order chi connectivity index (χ1) is 15.0. The molecule has 2 amide bonds. The SMILES string of the molecule is CC(C(=O)Nc1cc(C2CC2)[nH]n1)c1ccc(C2=CCN(C(=O)/C=C/CBr)CC2)cc1. The van der Waals surface area contributed by atoms with Gasteiger partial charge >= 0.3 is 0 Å². The summed E-state index contributed by atoms with van der Waals surface area (Å²) in [4.78, 5) is 26.6. The first-order valence-corrected chi connectivity index (χ1v) is 11.8. The summed E-state index contributed by atoms with van der Waals surface area (Å²) in [5.41, 5.74) is 4.45. The second-order valence-electron chi connectivity index (χ2n) is 8.14. The van der Waals surface area contributed by atoms with Gasteiger partial charge in [0.2, 0.25) is 11.8 Å². The van der Waals surface area contributed by atoms with Crippen LogP contribution in [0.25, 0.3) is 5.57 Å². The molecule has 1 saturated carbocycles. The number of amides is 2. The van der Waals surface area contributed by atoms with Gasteiger partial charge in [0.05, 0.1) is 5.92 Å². The summed E-state index contributed by atoms with van der Waals surface area (Å²) in [6.07, 6.45) is 8.75. The highest BCUT2D eigenvalue weighted by molar-refractivity contribution is 9.09. The highest BCUT2D eigenvalue weighted by atomic mass is 79.9. The molecule has 1 unspecified atom stereocenters. The van der Waals surface area contributed by atoms with E-state index in [1.165, 1.54) is 18.4 Å². The Bertz CT molecular complexity index is 1000. The number of halogens is 1. The molecular formula is C24H27BrN4O2. The van der Waals surface area contributed by atoms with Crippen LogP contribution >= 0.6 is 15.9 Å². The Kier molecular flexibility index (Phi) is 6.70. The second kappa shape index (κ2) is 9.64. The van der Waals surface area contributed by atoms with Gasteiger partial charge in [-0.3, -0.25) is 14.7 Å². The van der Waals surface area contributed by atoms with E-state index in [0.29, 0.717) is 30.2 Å². The maximum absolute atomic E-state index is 12.6. The number of hydrogen-bond acceptors (Lipinski definition) is 3. The quantitative estimate of drug-likeness (QED) is 0.447. The molecule has 1 aromatic heterocycles. The van der Waals surface area contributed by atoms with Gasteiger partial charge in [0.15, 0.2) is 5.82 Å². The molecule has 1 atom stereocenters. The monoisotopic (exact) mass is 482 g/mol. The number of alkyl halides is 1. The fourth-order valence-electron chi connectivity index (χ4n) is 3.76. The highest BCUT2D eigenvalue weighted by Gasteiger charge is 2.26. The van der Waals surface area contributed by atoms with Crippen LogP contribution in [0, 0.1) is 0 Å². The van der Waals surface area contributed by atoms with E-state index in [-0.39, 0.29) is 17.7 Å². The fourth-order valence-corrected chi connectivity index (χ4v) is 3.95. The molecule has 2 aliphatic rings. The summed E-state index contributed by atoms with van der Waals surface area (Å²) in [7, 11) is 0. The summed E-state index contributed by atoms with van der Waals surface area (Å²) in [5, 5.41) is 10.8. The summed E-state index contributed by atoms with van der Waals surface area (Å²) < 4.78 is 0. The number of hydrogen-bond donors (Lipinski definition) is 2. The number of aromatic nitrogens is 2. The Hall–Kier alpha value is -2.67. The predicted octanol–water partition coefficient (Wildman–Crippen LogP) is 4.60. The molecular weight excluding hydrogens is 456 g/mol. The molecule has 2 N–H and O–H groups in total. The molecule has 0 spiro atoms. The van der Waals surface area contributed by atoms with Crippen molar-refractivity contribution in [3.05, 3.63) is 65.4 Å². The summed E-state index contributed by atoms with van der Waals surface area (Å²) in [6, 6.07) is 10.1. The second-order valence-corrected chi connectivity index (χ2v) is 8.78. The summed E-state index contributed by atoms with van der Waals surface area (Å²) in [6.45, 7) is 3.24. The zero-order valence-corrected chi connectivity index (χ0v) is 19.2. The van der Waals surface area contributed by atoms with E-state index in [4.69, 9.17) is 0 Å². The number of benzene rings is 1. The van der Waals surface area contributed by atoms with Gasteiger partial charge in [-0.15, -0.1) is 0 Å². The van der Waals surface area contributed by atoms with Crippen LogP contribution in [0.1, 0.15) is 54.8 Å². The van der Waals surface area contributed by atoms with Crippen molar-refractivity contribution in [1.82, 2.24) is 15.1 Å². The lowest BCUT2D eigenvalue weighted by Crippen LogP contribution is -2.33. The maximum atomic E-state index is 12.6. The third-order valence-electron chi connectivity index (χ3n) is 5.91. The normalized spacial score (nSPS) is 17.5. The van der Waals surface area contributed by atoms with Crippen molar-refractivity contribution in [2.45, 2.75) is 38.0 Å². The van der Waals surface area contributed by atoms with Crippen LogP contribution < -0.4 is 5.32 Å². The number of aromatic amines is 1. The summed E-state index contributed by atoms with van der Waals surface area (Å²) >= 11 is 3.29. The number of carbonyl (C=O) groups is 2. The van der Waals surface area contributed by atoms with Crippen molar-refractivity contribution < 1.29 is 9.59 Å². The minimum atomic E-state index is -0.273. The van der Waals surface area contributed by atoms with Crippen LogP contribution in [0.2, 0.25) is 0 Å². The van der Waals surface area contributed by atoms with Gasteiger partial charge < -0.3 is 10.2 Å². The lowest BCUT2D eigenvalue weighted by molar-refractivity contribution is -0.125. The average Bonchev–Trinajstić information content (AvgIpc) is 3.56. The number of H-pyrrole nitrogens is 1. The Morgan fingerprint density at radius 3 is 2.74 bits per heavy atom. The fraction of sp³-hybridized carbons (Fsp3) is 0.375. The van der Waals surface area contributed by atoms with E-state index >= 15 is 0 Å². The molecule has 31 heavy (non-hydrogen) atoms. The number of rotatable bonds is 7. The molecule has 1 aliphatic heterocycles. The molecule has 1 fully saturated rings. The smallest absolute Gasteiger partial charge is 0.246 e. The molecule has 4 rings (SSSR count). The first kappa shape index (κ1) is 21.6. The largest absolute Gasteiger partial charge is 0.335 e. The van der Waals surface area contributed by atoms with Crippen LogP contribution in [-0.2, 0) is 9.59 Å². The van der Waals surface area contributed by atoms with E-state index in [9.17, 15) is 9.59 Å². The van der Waals surface area contributed by atoms with E-state index in [2.05, 4.69) is 49.7 Å². The van der Waals surface area contributed by atoms with Crippen LogP contribution in [0.3, 0.4) is 0 Å². The van der Waals surface area contributed by atoms with Gasteiger partial charge in [-0.05, 0) is 49.0 Å². The Morgan fingerprint density at radius 2 is 2.10 bits per heavy atom. The summed E-state index contributed by atoms with van der Waals surface area (Å²) in [5.74, 6) is 0.876. The van der Waals surface area contributed by atoms with Gasteiger partial charge in [-0.1, -0.05) is 52.3 Å². The molecule has 162 valence electrons.